The van der Waals surface area contributed by atoms with E-state index in [-0.39, 0.29) is 17.7 Å². The van der Waals surface area contributed by atoms with Crippen molar-refractivity contribution < 1.29 is 9.53 Å². The van der Waals surface area contributed by atoms with E-state index in [9.17, 15) is 4.79 Å². The van der Waals surface area contributed by atoms with Gasteiger partial charge in [0, 0.05) is 6.42 Å². The van der Waals surface area contributed by atoms with E-state index in [0.29, 0.717) is 0 Å². The van der Waals surface area contributed by atoms with Crippen molar-refractivity contribution >= 4 is 5.91 Å². The number of benzene rings is 2. The van der Waals surface area contributed by atoms with E-state index >= 15 is 0 Å². The molecule has 2 aliphatic heterocycles. The number of carbonyl (C=O) groups is 1. The van der Waals surface area contributed by atoms with Crippen LogP contribution in [0.4, 0.5) is 0 Å². The molecule has 2 aromatic rings. The zero-order chi connectivity index (χ0) is 17.7. The molecule has 3 nitrogen and oxygen atoms in total. The first-order valence-corrected chi connectivity index (χ1v) is 8.76. The number of amides is 1. The van der Waals surface area contributed by atoms with E-state index in [2.05, 4.69) is 26.8 Å². The molecule has 1 atom stereocenters. The number of carbonyl (C=O) groups excluding carboxylic acids is 1. The van der Waals surface area contributed by atoms with Crippen molar-refractivity contribution in [2.24, 2.45) is 0 Å². The third-order valence-corrected chi connectivity index (χ3v) is 5.20. The van der Waals surface area contributed by atoms with Crippen LogP contribution in [-0.4, -0.2) is 22.6 Å². The summed E-state index contributed by atoms with van der Waals surface area (Å²) in [4.78, 5) is 15.7. The van der Waals surface area contributed by atoms with Crippen molar-refractivity contribution in [1.82, 2.24) is 4.90 Å². The predicted octanol–water partition coefficient (Wildman–Crippen LogP) is 4.24. The maximum atomic E-state index is 13.8. The number of ether oxygens (including phenoxy) is 1. The molecular formula is C22H23NO2. The van der Waals surface area contributed by atoms with Crippen molar-refractivity contribution in [3.8, 4) is 0 Å². The normalized spacial score (nSPS) is 24.0. The molecule has 1 saturated heterocycles. The first kappa shape index (κ1) is 16.1. The van der Waals surface area contributed by atoms with E-state index in [1.54, 1.807) is 0 Å². The van der Waals surface area contributed by atoms with Crippen LogP contribution in [0.5, 0.6) is 0 Å². The van der Waals surface area contributed by atoms with Gasteiger partial charge in [0.25, 0.3) is 5.91 Å². The molecule has 0 aromatic heterocycles. The Morgan fingerprint density at radius 1 is 0.960 bits per heavy atom. The van der Waals surface area contributed by atoms with Crippen molar-refractivity contribution in [2.45, 2.75) is 44.6 Å². The lowest BCUT2D eigenvalue weighted by atomic mass is 9.84. The van der Waals surface area contributed by atoms with Crippen LogP contribution in [0.15, 0.2) is 72.3 Å². The molecule has 1 fully saturated rings. The van der Waals surface area contributed by atoms with Crippen molar-refractivity contribution in [1.29, 1.82) is 0 Å². The summed E-state index contributed by atoms with van der Waals surface area (Å²) in [5, 5.41) is 0. The predicted molar refractivity (Wildman–Crippen MR) is 97.8 cm³/mol. The SMILES string of the molecule is CC1=CC(C)(C)N2C(=O)C(c3ccccc3)(c3ccccc3)OC2C1. The zero-order valence-corrected chi connectivity index (χ0v) is 14.9. The maximum absolute atomic E-state index is 13.8. The second-order valence-electron chi connectivity index (χ2n) is 7.51. The Labute approximate surface area is 148 Å². The van der Waals surface area contributed by atoms with Crippen LogP contribution in [0.1, 0.15) is 38.3 Å². The molecule has 0 saturated carbocycles. The molecule has 4 rings (SSSR count). The van der Waals surface area contributed by atoms with Gasteiger partial charge in [-0.05, 0) is 31.9 Å². The molecule has 2 aromatic carbocycles. The highest BCUT2D eigenvalue weighted by Gasteiger charge is 2.59. The summed E-state index contributed by atoms with van der Waals surface area (Å²) in [6.07, 6.45) is 2.68. The van der Waals surface area contributed by atoms with Crippen LogP contribution in [0.25, 0.3) is 0 Å². The van der Waals surface area contributed by atoms with Gasteiger partial charge < -0.3 is 9.64 Å². The number of hydrogen-bond donors (Lipinski definition) is 0. The lowest BCUT2D eigenvalue weighted by Crippen LogP contribution is -2.52. The molecule has 3 heteroatoms. The quantitative estimate of drug-likeness (QED) is 0.769. The van der Waals surface area contributed by atoms with Gasteiger partial charge >= 0.3 is 0 Å². The van der Waals surface area contributed by atoms with Gasteiger partial charge in [0.15, 0.2) is 5.60 Å². The van der Waals surface area contributed by atoms with Crippen LogP contribution in [-0.2, 0) is 15.1 Å². The van der Waals surface area contributed by atoms with Gasteiger partial charge in [-0.1, -0.05) is 72.3 Å². The molecule has 0 aliphatic carbocycles. The van der Waals surface area contributed by atoms with Gasteiger partial charge in [-0.25, -0.2) is 0 Å². The minimum Gasteiger partial charge on any atom is -0.332 e. The summed E-state index contributed by atoms with van der Waals surface area (Å²) in [5.41, 5.74) is 1.58. The van der Waals surface area contributed by atoms with Crippen LogP contribution in [0.2, 0.25) is 0 Å². The van der Waals surface area contributed by atoms with Gasteiger partial charge in [-0.15, -0.1) is 0 Å². The smallest absolute Gasteiger partial charge is 0.267 e. The second kappa shape index (κ2) is 5.57. The number of hydrogen-bond acceptors (Lipinski definition) is 2. The fourth-order valence-electron chi connectivity index (χ4n) is 4.28. The zero-order valence-electron chi connectivity index (χ0n) is 14.9. The first-order valence-electron chi connectivity index (χ1n) is 8.76. The third kappa shape index (κ3) is 2.34. The number of nitrogens with zero attached hydrogens (tertiary/aromatic N) is 1. The molecule has 0 spiro atoms. The molecule has 2 heterocycles. The minimum absolute atomic E-state index is 0.0173. The molecule has 0 bridgehead atoms. The largest absolute Gasteiger partial charge is 0.332 e. The van der Waals surface area contributed by atoms with Gasteiger partial charge in [0.2, 0.25) is 0 Å². The van der Waals surface area contributed by atoms with Gasteiger partial charge in [-0.2, -0.15) is 0 Å². The average molecular weight is 333 g/mol. The molecule has 128 valence electrons. The van der Waals surface area contributed by atoms with Gasteiger partial charge in [0.05, 0.1) is 5.54 Å². The maximum Gasteiger partial charge on any atom is 0.267 e. The van der Waals surface area contributed by atoms with Crippen molar-refractivity contribution in [2.75, 3.05) is 0 Å². The first-order chi connectivity index (χ1) is 11.9. The van der Waals surface area contributed by atoms with E-state index in [0.717, 1.165) is 17.5 Å². The summed E-state index contributed by atoms with van der Waals surface area (Å²) in [6.45, 7) is 6.27. The highest BCUT2D eigenvalue weighted by Crippen LogP contribution is 2.48. The molecule has 2 aliphatic rings. The van der Waals surface area contributed by atoms with Crippen LogP contribution >= 0.6 is 0 Å². The Balaban J connectivity index is 1.92. The molecule has 25 heavy (non-hydrogen) atoms. The Kier molecular flexibility index (Phi) is 3.58. The summed E-state index contributed by atoms with van der Waals surface area (Å²) in [7, 11) is 0. The number of fused-ring (bicyclic) bond motifs is 1. The van der Waals surface area contributed by atoms with Crippen molar-refractivity contribution in [3.63, 3.8) is 0 Å². The third-order valence-electron chi connectivity index (χ3n) is 5.20. The summed E-state index contributed by atoms with van der Waals surface area (Å²) >= 11 is 0. The Morgan fingerprint density at radius 2 is 1.48 bits per heavy atom. The average Bonchev–Trinajstić information content (AvgIpc) is 2.90. The lowest BCUT2D eigenvalue weighted by Gasteiger charge is -2.40. The highest BCUT2D eigenvalue weighted by atomic mass is 16.6. The van der Waals surface area contributed by atoms with Gasteiger partial charge in [-0.3, -0.25) is 4.79 Å². The van der Waals surface area contributed by atoms with E-state index < -0.39 is 5.60 Å². The minimum atomic E-state index is -1.08. The fourth-order valence-corrected chi connectivity index (χ4v) is 4.28. The standard InChI is InChI=1S/C22H23NO2/c1-16-14-19-23(21(2,3)15-16)20(24)22(25-19,17-10-6-4-7-11-17)18-12-8-5-9-13-18/h4-13,15,19H,14H2,1-3H3. The monoisotopic (exact) mass is 333 g/mol. The summed E-state index contributed by atoms with van der Waals surface area (Å²) in [6, 6.07) is 19.7. The van der Waals surface area contributed by atoms with Crippen LogP contribution < -0.4 is 0 Å². The Morgan fingerprint density at radius 3 is 2.00 bits per heavy atom. The van der Waals surface area contributed by atoms with Gasteiger partial charge in [0.1, 0.15) is 6.23 Å². The van der Waals surface area contributed by atoms with Crippen LogP contribution in [0, 0.1) is 0 Å². The Bertz CT molecular complexity index is 784. The van der Waals surface area contributed by atoms with Crippen molar-refractivity contribution in [3.05, 3.63) is 83.4 Å². The lowest BCUT2D eigenvalue weighted by molar-refractivity contribution is -0.137. The second-order valence-corrected chi connectivity index (χ2v) is 7.51. The molecule has 0 radical (unpaired) electrons. The molecule has 1 unspecified atom stereocenters. The molecular weight excluding hydrogens is 310 g/mol. The van der Waals surface area contributed by atoms with Crippen LogP contribution in [0.3, 0.4) is 0 Å². The molecule has 0 N–H and O–H groups in total. The summed E-state index contributed by atoms with van der Waals surface area (Å²) in [5.74, 6) is 0.0173. The molecule has 1 amide bonds. The fraction of sp³-hybridized carbons (Fsp3) is 0.318. The Hall–Kier alpha value is -2.39. The van der Waals surface area contributed by atoms with E-state index in [1.165, 1.54) is 5.57 Å². The summed E-state index contributed by atoms with van der Waals surface area (Å²) < 4.78 is 6.58. The topological polar surface area (TPSA) is 29.5 Å². The highest BCUT2D eigenvalue weighted by molar-refractivity contribution is 5.93. The van der Waals surface area contributed by atoms with E-state index in [1.807, 2.05) is 65.6 Å². The van der Waals surface area contributed by atoms with E-state index in [4.69, 9.17) is 4.74 Å². The number of rotatable bonds is 2.